The normalized spacial score (nSPS) is 18.3. The van der Waals surface area contributed by atoms with Gasteiger partial charge in [0.1, 0.15) is 5.60 Å². The Hall–Kier alpha value is -1.84. The molecule has 0 bridgehead atoms. The summed E-state index contributed by atoms with van der Waals surface area (Å²) in [5, 5.41) is 9.27. The maximum absolute atomic E-state index is 11.3. The summed E-state index contributed by atoms with van der Waals surface area (Å²) in [5.41, 5.74) is 5.11. The Bertz CT molecular complexity index is 729. The fourth-order valence-electron chi connectivity index (χ4n) is 4.59. The van der Waals surface area contributed by atoms with Gasteiger partial charge >= 0.3 is 5.97 Å². The molecule has 0 aromatic heterocycles. The van der Waals surface area contributed by atoms with Gasteiger partial charge in [-0.2, -0.15) is 0 Å². The van der Waals surface area contributed by atoms with E-state index in [2.05, 4.69) is 26.0 Å². The summed E-state index contributed by atoms with van der Waals surface area (Å²) in [6, 6.07) is 4.70. The molecule has 1 N–H and O–H groups in total. The third-order valence-corrected chi connectivity index (χ3v) is 7.14. The molecule has 1 aromatic rings. The van der Waals surface area contributed by atoms with Crippen molar-refractivity contribution in [3.63, 3.8) is 0 Å². The number of carbonyl (C=O) groups excluding carboxylic acids is 1. The molecule has 4 nitrogen and oxygen atoms in total. The standard InChI is InChI=1S/C25H36O4/c1-19-16-20(2)22(9-5-7-11-25(14-15-25)29-18-26)17-21(19)8-4-3-6-10-24(12-13-24)23(27)28/h16-18H,3-15H2,1-2H3,(H,27,28). The Morgan fingerprint density at radius 1 is 0.931 bits per heavy atom. The number of rotatable bonds is 14. The van der Waals surface area contributed by atoms with Crippen LogP contribution in [0.4, 0.5) is 0 Å². The van der Waals surface area contributed by atoms with E-state index in [0.717, 1.165) is 83.5 Å². The van der Waals surface area contributed by atoms with Gasteiger partial charge < -0.3 is 9.84 Å². The monoisotopic (exact) mass is 400 g/mol. The second-order valence-electron chi connectivity index (χ2n) is 9.46. The first-order valence-corrected chi connectivity index (χ1v) is 11.3. The summed E-state index contributed by atoms with van der Waals surface area (Å²) in [4.78, 5) is 21.8. The number of aliphatic carboxylic acids is 1. The molecule has 0 amide bonds. The van der Waals surface area contributed by atoms with Crippen molar-refractivity contribution in [3.05, 3.63) is 34.4 Å². The van der Waals surface area contributed by atoms with E-state index >= 15 is 0 Å². The van der Waals surface area contributed by atoms with E-state index in [4.69, 9.17) is 4.74 Å². The number of hydrogen-bond donors (Lipinski definition) is 1. The molecule has 3 rings (SSSR count). The summed E-state index contributed by atoms with van der Waals surface area (Å²) >= 11 is 0. The van der Waals surface area contributed by atoms with Crippen LogP contribution in [0.25, 0.3) is 0 Å². The number of carbonyl (C=O) groups is 2. The van der Waals surface area contributed by atoms with Gasteiger partial charge in [0, 0.05) is 0 Å². The average Bonchev–Trinajstić information content (AvgIpc) is 3.59. The molecule has 2 aliphatic carbocycles. The predicted molar refractivity (Wildman–Crippen MR) is 114 cm³/mol. The zero-order valence-corrected chi connectivity index (χ0v) is 18.1. The van der Waals surface area contributed by atoms with E-state index in [1.807, 2.05) is 0 Å². The highest BCUT2D eigenvalue weighted by atomic mass is 16.5. The van der Waals surface area contributed by atoms with E-state index in [0.29, 0.717) is 6.47 Å². The molecule has 0 aliphatic heterocycles. The minimum atomic E-state index is -0.596. The van der Waals surface area contributed by atoms with Crippen LogP contribution in [0.5, 0.6) is 0 Å². The fourth-order valence-corrected chi connectivity index (χ4v) is 4.59. The van der Waals surface area contributed by atoms with Crippen LogP contribution in [0.2, 0.25) is 0 Å². The molecule has 2 aliphatic rings. The van der Waals surface area contributed by atoms with Crippen LogP contribution < -0.4 is 0 Å². The Morgan fingerprint density at radius 2 is 1.52 bits per heavy atom. The van der Waals surface area contributed by atoms with E-state index in [1.165, 1.54) is 22.3 Å². The van der Waals surface area contributed by atoms with Gasteiger partial charge in [0.2, 0.25) is 0 Å². The fraction of sp³-hybridized carbons (Fsp3) is 0.680. The molecule has 0 spiro atoms. The van der Waals surface area contributed by atoms with Crippen molar-refractivity contribution in [2.24, 2.45) is 5.41 Å². The van der Waals surface area contributed by atoms with Crippen molar-refractivity contribution in [3.8, 4) is 0 Å². The molecular weight excluding hydrogens is 364 g/mol. The van der Waals surface area contributed by atoms with Gasteiger partial charge in [-0.3, -0.25) is 9.59 Å². The Kier molecular flexibility index (Phi) is 7.02. The van der Waals surface area contributed by atoms with Gasteiger partial charge in [-0.15, -0.1) is 0 Å². The smallest absolute Gasteiger partial charge is 0.309 e. The number of hydrogen-bond acceptors (Lipinski definition) is 3. The second kappa shape index (κ2) is 9.32. The lowest BCUT2D eigenvalue weighted by Crippen LogP contribution is -2.14. The molecular formula is C25H36O4. The Labute approximate surface area is 175 Å². The third kappa shape index (κ3) is 5.83. The van der Waals surface area contributed by atoms with Crippen LogP contribution in [0.15, 0.2) is 12.1 Å². The van der Waals surface area contributed by atoms with Gasteiger partial charge in [0.25, 0.3) is 6.47 Å². The summed E-state index contributed by atoms with van der Waals surface area (Å²) < 4.78 is 5.24. The quantitative estimate of drug-likeness (QED) is 0.322. The van der Waals surface area contributed by atoms with Gasteiger partial charge in [-0.05, 0) is 107 Å². The summed E-state index contributed by atoms with van der Waals surface area (Å²) in [6.45, 7) is 5.00. The van der Waals surface area contributed by atoms with Crippen molar-refractivity contribution in [1.82, 2.24) is 0 Å². The van der Waals surface area contributed by atoms with Crippen molar-refractivity contribution < 1.29 is 19.4 Å². The first kappa shape index (κ1) is 21.9. The molecule has 0 radical (unpaired) electrons. The molecule has 0 heterocycles. The SMILES string of the molecule is Cc1cc(C)c(CCCCC2(OC=O)CC2)cc1CCCCCC1(C(=O)O)CC1. The molecule has 1 aromatic carbocycles. The van der Waals surface area contributed by atoms with E-state index in [1.54, 1.807) is 0 Å². The first-order chi connectivity index (χ1) is 13.9. The van der Waals surface area contributed by atoms with Crippen molar-refractivity contribution in [1.29, 1.82) is 0 Å². The van der Waals surface area contributed by atoms with Crippen molar-refractivity contribution in [2.75, 3.05) is 0 Å². The van der Waals surface area contributed by atoms with E-state index in [-0.39, 0.29) is 11.0 Å². The zero-order chi connectivity index (χ0) is 20.9. The lowest BCUT2D eigenvalue weighted by Gasteiger charge is -2.15. The first-order valence-electron chi connectivity index (χ1n) is 11.3. The highest BCUT2D eigenvalue weighted by Crippen LogP contribution is 2.50. The maximum Gasteiger partial charge on any atom is 0.309 e. The van der Waals surface area contributed by atoms with Crippen LogP contribution in [0.3, 0.4) is 0 Å². The Balaban J connectivity index is 1.41. The van der Waals surface area contributed by atoms with Crippen LogP contribution in [-0.2, 0) is 27.2 Å². The van der Waals surface area contributed by atoms with E-state index in [9.17, 15) is 14.7 Å². The van der Waals surface area contributed by atoms with E-state index < -0.39 is 5.97 Å². The second-order valence-corrected chi connectivity index (χ2v) is 9.46. The van der Waals surface area contributed by atoms with Crippen LogP contribution in [0, 0.1) is 19.3 Å². The van der Waals surface area contributed by atoms with Gasteiger partial charge in [0.15, 0.2) is 0 Å². The highest BCUT2D eigenvalue weighted by molar-refractivity contribution is 5.77. The maximum atomic E-state index is 11.3. The molecule has 0 atom stereocenters. The molecule has 0 unspecified atom stereocenters. The molecule has 2 fully saturated rings. The van der Waals surface area contributed by atoms with Crippen molar-refractivity contribution >= 4 is 12.4 Å². The number of unbranched alkanes of at least 4 members (excludes halogenated alkanes) is 3. The number of aryl methyl sites for hydroxylation is 4. The van der Waals surface area contributed by atoms with Crippen molar-refractivity contribution in [2.45, 2.75) is 103 Å². The van der Waals surface area contributed by atoms with Crippen LogP contribution >= 0.6 is 0 Å². The van der Waals surface area contributed by atoms with Crippen LogP contribution in [-0.4, -0.2) is 23.1 Å². The summed E-state index contributed by atoms with van der Waals surface area (Å²) in [5.74, 6) is -0.596. The lowest BCUT2D eigenvalue weighted by atomic mass is 9.92. The summed E-state index contributed by atoms with van der Waals surface area (Å²) in [6.07, 6.45) is 13.3. The number of carboxylic acids is 1. The number of benzene rings is 1. The van der Waals surface area contributed by atoms with Gasteiger partial charge in [-0.1, -0.05) is 25.0 Å². The highest BCUT2D eigenvalue weighted by Gasteiger charge is 2.49. The topological polar surface area (TPSA) is 63.6 Å². The molecule has 4 heteroatoms. The minimum Gasteiger partial charge on any atom is -0.481 e. The minimum absolute atomic E-state index is 0.130. The molecule has 160 valence electrons. The Morgan fingerprint density at radius 3 is 2.03 bits per heavy atom. The number of carboxylic acid groups (broad SMARTS) is 1. The molecule has 2 saturated carbocycles. The largest absolute Gasteiger partial charge is 0.481 e. The van der Waals surface area contributed by atoms with Gasteiger partial charge in [-0.25, -0.2) is 0 Å². The van der Waals surface area contributed by atoms with Crippen LogP contribution in [0.1, 0.15) is 92.9 Å². The third-order valence-electron chi connectivity index (χ3n) is 7.14. The molecule has 29 heavy (non-hydrogen) atoms. The lowest BCUT2D eigenvalue weighted by molar-refractivity contribution is -0.143. The molecule has 0 saturated heterocycles. The zero-order valence-electron chi connectivity index (χ0n) is 18.1. The average molecular weight is 401 g/mol. The van der Waals surface area contributed by atoms with Gasteiger partial charge in [0.05, 0.1) is 5.41 Å². The summed E-state index contributed by atoms with van der Waals surface area (Å²) in [7, 11) is 0. The number of ether oxygens (including phenoxy) is 1. The predicted octanol–water partition coefficient (Wildman–Crippen LogP) is 5.69.